The van der Waals surface area contributed by atoms with E-state index in [9.17, 15) is 0 Å². The first-order valence-electron chi connectivity index (χ1n) is 6.87. The average Bonchev–Trinajstić information content (AvgIpc) is 2.84. The van der Waals surface area contributed by atoms with Gasteiger partial charge in [0.05, 0.1) is 3.79 Å². The van der Waals surface area contributed by atoms with Crippen molar-refractivity contribution in [1.82, 2.24) is 5.32 Å². The Labute approximate surface area is 138 Å². The van der Waals surface area contributed by atoms with E-state index in [1.54, 1.807) is 0 Å². The maximum Gasteiger partial charge on any atom is 0.0701 e. The van der Waals surface area contributed by atoms with Crippen LogP contribution >= 0.6 is 38.9 Å². The third-order valence-electron chi connectivity index (χ3n) is 3.27. The van der Waals surface area contributed by atoms with Crippen LogP contribution in [0.5, 0.6) is 0 Å². The fourth-order valence-electron chi connectivity index (χ4n) is 2.29. The summed E-state index contributed by atoms with van der Waals surface area (Å²) in [7, 11) is 0. The largest absolute Gasteiger partial charge is 0.317 e. The molecule has 0 aliphatic rings. The summed E-state index contributed by atoms with van der Waals surface area (Å²) < 4.78 is 1.20. The lowest BCUT2D eigenvalue weighted by Crippen LogP contribution is -2.25. The number of halogens is 2. The maximum absolute atomic E-state index is 6.28. The lowest BCUT2D eigenvalue weighted by Gasteiger charge is -2.17. The second-order valence-electron chi connectivity index (χ2n) is 4.88. The molecule has 0 amide bonds. The van der Waals surface area contributed by atoms with Crippen LogP contribution in [0.25, 0.3) is 0 Å². The number of nitrogens with one attached hydrogen (secondary N) is 1. The zero-order valence-electron chi connectivity index (χ0n) is 11.5. The molecule has 1 nitrogen and oxygen atoms in total. The van der Waals surface area contributed by atoms with Gasteiger partial charge in [0.15, 0.2) is 0 Å². The predicted octanol–water partition coefficient (Wildman–Crippen LogP) is 5.17. The molecule has 0 fully saturated rings. The van der Waals surface area contributed by atoms with Gasteiger partial charge in [-0.1, -0.05) is 36.7 Å². The van der Waals surface area contributed by atoms with E-state index in [1.165, 1.54) is 14.2 Å². The van der Waals surface area contributed by atoms with Crippen LogP contribution in [0.4, 0.5) is 0 Å². The molecule has 2 rings (SSSR count). The quantitative estimate of drug-likeness (QED) is 0.706. The molecule has 0 saturated heterocycles. The number of hydrogen-bond donors (Lipinski definition) is 1. The summed E-state index contributed by atoms with van der Waals surface area (Å²) in [5, 5.41) is 4.34. The van der Waals surface area contributed by atoms with Crippen molar-refractivity contribution in [2.45, 2.75) is 19.8 Å². The first-order chi connectivity index (χ1) is 9.69. The Bertz CT molecular complexity index is 541. The van der Waals surface area contributed by atoms with Crippen LogP contribution in [0.3, 0.4) is 0 Å². The minimum Gasteiger partial charge on any atom is -0.317 e. The van der Waals surface area contributed by atoms with Crippen molar-refractivity contribution in [3.05, 3.63) is 55.6 Å². The number of benzene rings is 1. The van der Waals surface area contributed by atoms with Crippen LogP contribution in [0.15, 0.2) is 40.2 Å². The molecule has 0 aliphatic heterocycles. The fourth-order valence-corrected chi connectivity index (χ4v) is 4.10. The Morgan fingerprint density at radius 1 is 1.20 bits per heavy atom. The molecule has 1 atom stereocenters. The highest BCUT2D eigenvalue weighted by Gasteiger charge is 2.13. The highest BCUT2D eigenvalue weighted by Crippen LogP contribution is 2.26. The van der Waals surface area contributed by atoms with Gasteiger partial charge in [-0.05, 0) is 71.5 Å². The van der Waals surface area contributed by atoms with E-state index in [-0.39, 0.29) is 0 Å². The summed E-state index contributed by atoms with van der Waals surface area (Å²) in [5.41, 5.74) is 1.24. The molecule has 0 saturated carbocycles. The van der Waals surface area contributed by atoms with Crippen LogP contribution in [-0.4, -0.2) is 13.1 Å². The number of thiophene rings is 1. The molecule has 20 heavy (non-hydrogen) atoms. The second-order valence-corrected chi connectivity index (χ2v) is 7.83. The summed E-state index contributed by atoms with van der Waals surface area (Å²) in [4.78, 5) is 1.42. The highest BCUT2D eigenvalue weighted by molar-refractivity contribution is 9.11. The van der Waals surface area contributed by atoms with Crippen molar-refractivity contribution >= 4 is 38.9 Å². The second kappa shape index (κ2) is 8.18. The average molecular weight is 373 g/mol. The van der Waals surface area contributed by atoms with Crippen molar-refractivity contribution in [3.63, 3.8) is 0 Å². The SMILES string of the molecule is CCNCC(Cc1ccc(Br)s1)Cc1ccccc1Cl. The standard InChI is InChI=1S/C16H19BrClNS/c1-2-19-11-12(10-14-7-8-16(17)20-14)9-13-5-3-4-6-15(13)18/h3-8,12,19H,2,9-11H2,1H3. The van der Waals surface area contributed by atoms with Crippen molar-refractivity contribution in [3.8, 4) is 0 Å². The molecule has 108 valence electrons. The van der Waals surface area contributed by atoms with E-state index >= 15 is 0 Å². The smallest absolute Gasteiger partial charge is 0.0701 e. The summed E-state index contributed by atoms with van der Waals surface area (Å²) in [6.07, 6.45) is 2.11. The van der Waals surface area contributed by atoms with Gasteiger partial charge in [-0.25, -0.2) is 0 Å². The molecule has 1 heterocycles. The van der Waals surface area contributed by atoms with Crippen LogP contribution in [0.1, 0.15) is 17.4 Å². The molecule has 1 aromatic carbocycles. The van der Waals surface area contributed by atoms with Crippen LogP contribution in [0.2, 0.25) is 5.02 Å². The molecular formula is C16H19BrClNS. The lowest BCUT2D eigenvalue weighted by atomic mass is 9.95. The van der Waals surface area contributed by atoms with Gasteiger partial charge in [-0.15, -0.1) is 11.3 Å². The Morgan fingerprint density at radius 2 is 2.00 bits per heavy atom. The van der Waals surface area contributed by atoms with Gasteiger partial charge in [-0.3, -0.25) is 0 Å². The Kier molecular flexibility index (Phi) is 6.56. The first-order valence-corrected chi connectivity index (χ1v) is 8.86. The molecule has 1 N–H and O–H groups in total. The van der Waals surface area contributed by atoms with Crippen molar-refractivity contribution in [1.29, 1.82) is 0 Å². The monoisotopic (exact) mass is 371 g/mol. The van der Waals surface area contributed by atoms with Crippen molar-refractivity contribution in [2.75, 3.05) is 13.1 Å². The highest BCUT2D eigenvalue weighted by atomic mass is 79.9. The van der Waals surface area contributed by atoms with E-state index < -0.39 is 0 Å². The zero-order valence-corrected chi connectivity index (χ0v) is 14.7. The van der Waals surface area contributed by atoms with Gasteiger partial charge in [0, 0.05) is 9.90 Å². The van der Waals surface area contributed by atoms with Crippen LogP contribution < -0.4 is 5.32 Å². The number of rotatable bonds is 7. The van der Waals surface area contributed by atoms with E-state index in [1.807, 2.05) is 23.5 Å². The molecular weight excluding hydrogens is 354 g/mol. The summed E-state index contributed by atoms with van der Waals surface area (Å²) in [6.45, 7) is 4.18. The molecule has 0 bridgehead atoms. The van der Waals surface area contributed by atoms with E-state index in [2.05, 4.69) is 52.4 Å². The lowest BCUT2D eigenvalue weighted by molar-refractivity contribution is 0.481. The Hall–Kier alpha value is -0.350. The van der Waals surface area contributed by atoms with Crippen LogP contribution in [-0.2, 0) is 12.8 Å². The molecule has 2 aromatic rings. The maximum atomic E-state index is 6.28. The third kappa shape index (κ3) is 4.88. The van der Waals surface area contributed by atoms with Crippen molar-refractivity contribution in [2.24, 2.45) is 5.92 Å². The third-order valence-corrected chi connectivity index (χ3v) is 5.28. The molecule has 1 aromatic heterocycles. The topological polar surface area (TPSA) is 12.0 Å². The molecule has 0 aliphatic carbocycles. The van der Waals surface area contributed by atoms with Crippen molar-refractivity contribution < 1.29 is 0 Å². The van der Waals surface area contributed by atoms with E-state index in [4.69, 9.17) is 11.6 Å². The zero-order chi connectivity index (χ0) is 14.4. The molecule has 0 radical (unpaired) electrons. The normalized spacial score (nSPS) is 12.6. The first kappa shape index (κ1) is 16.0. The van der Waals surface area contributed by atoms with Gasteiger partial charge in [-0.2, -0.15) is 0 Å². The fraction of sp³-hybridized carbons (Fsp3) is 0.375. The summed E-state index contributed by atoms with van der Waals surface area (Å²) >= 11 is 11.6. The Morgan fingerprint density at radius 3 is 2.65 bits per heavy atom. The molecule has 1 unspecified atom stereocenters. The number of hydrogen-bond acceptors (Lipinski definition) is 2. The Balaban J connectivity index is 2.05. The van der Waals surface area contributed by atoms with Gasteiger partial charge in [0.2, 0.25) is 0 Å². The van der Waals surface area contributed by atoms with Gasteiger partial charge >= 0.3 is 0 Å². The van der Waals surface area contributed by atoms with Crippen LogP contribution in [0, 0.1) is 5.92 Å². The predicted molar refractivity (Wildman–Crippen MR) is 92.9 cm³/mol. The molecule has 4 heteroatoms. The van der Waals surface area contributed by atoms with Gasteiger partial charge in [0.1, 0.15) is 0 Å². The van der Waals surface area contributed by atoms with Gasteiger partial charge < -0.3 is 5.32 Å². The summed E-state index contributed by atoms with van der Waals surface area (Å²) in [5.74, 6) is 0.570. The minimum atomic E-state index is 0.570. The van der Waals surface area contributed by atoms with E-state index in [0.717, 1.165) is 31.0 Å². The minimum absolute atomic E-state index is 0.570. The summed E-state index contributed by atoms with van der Waals surface area (Å²) in [6, 6.07) is 12.5. The molecule has 0 spiro atoms. The van der Waals surface area contributed by atoms with Gasteiger partial charge in [0.25, 0.3) is 0 Å². The van der Waals surface area contributed by atoms with E-state index in [0.29, 0.717) is 5.92 Å².